The van der Waals surface area contributed by atoms with E-state index in [1.807, 2.05) is 19.3 Å². The van der Waals surface area contributed by atoms with Crippen LogP contribution < -0.4 is 5.32 Å². The first-order valence-corrected chi connectivity index (χ1v) is 7.72. The number of nitrogens with one attached hydrogen (secondary N) is 1. The van der Waals surface area contributed by atoms with E-state index >= 15 is 0 Å². The molecular weight excluding hydrogens is 250 g/mol. The Morgan fingerprint density at radius 3 is 2.94 bits per heavy atom. The van der Waals surface area contributed by atoms with Crippen molar-refractivity contribution in [1.29, 1.82) is 5.26 Å². The maximum Gasteiger partial charge on any atom is 0.154 e. The highest BCUT2D eigenvalue weighted by Gasteiger charge is 2.30. The van der Waals surface area contributed by atoms with E-state index in [1.54, 1.807) is 4.57 Å². The summed E-state index contributed by atoms with van der Waals surface area (Å²) in [6.45, 7) is 1.10. The first-order valence-electron chi connectivity index (χ1n) is 6.00. The van der Waals surface area contributed by atoms with E-state index < -0.39 is 9.84 Å². The molecular formula is C12H17N3O2S. The van der Waals surface area contributed by atoms with E-state index in [9.17, 15) is 8.42 Å². The van der Waals surface area contributed by atoms with E-state index in [4.69, 9.17) is 5.26 Å². The van der Waals surface area contributed by atoms with Gasteiger partial charge in [0.05, 0.1) is 11.0 Å². The first-order chi connectivity index (χ1) is 8.53. The minimum atomic E-state index is -2.87. The molecule has 98 valence electrons. The van der Waals surface area contributed by atoms with E-state index in [0.29, 0.717) is 24.5 Å². The highest BCUT2D eigenvalue weighted by molar-refractivity contribution is 7.92. The van der Waals surface area contributed by atoms with Crippen molar-refractivity contribution in [3.05, 3.63) is 23.5 Å². The van der Waals surface area contributed by atoms with Gasteiger partial charge in [-0.1, -0.05) is 0 Å². The van der Waals surface area contributed by atoms with Crippen LogP contribution in [0.5, 0.6) is 0 Å². The Morgan fingerprint density at radius 2 is 2.39 bits per heavy atom. The summed E-state index contributed by atoms with van der Waals surface area (Å²) in [5.74, 6) is 0.323. The molecule has 1 fully saturated rings. The Morgan fingerprint density at radius 1 is 1.61 bits per heavy atom. The fraction of sp³-hybridized carbons (Fsp3) is 0.583. The third-order valence-electron chi connectivity index (χ3n) is 3.34. The Balaban J connectivity index is 1.87. The first kappa shape index (κ1) is 13.1. The average molecular weight is 267 g/mol. The third kappa shape index (κ3) is 2.74. The minimum absolute atomic E-state index is 0.239. The molecule has 0 spiro atoms. The SMILES string of the molecule is Cn1cc(CNCC2CCCS2(=O)=O)cc1C#N. The molecule has 2 rings (SSSR count). The van der Waals surface area contributed by atoms with Gasteiger partial charge in [-0.2, -0.15) is 5.26 Å². The van der Waals surface area contributed by atoms with Gasteiger partial charge in [-0.05, 0) is 24.5 Å². The molecule has 2 heterocycles. The van der Waals surface area contributed by atoms with Crippen molar-refractivity contribution in [3.63, 3.8) is 0 Å². The normalized spacial score (nSPS) is 21.9. The average Bonchev–Trinajstić information content (AvgIpc) is 2.82. The van der Waals surface area contributed by atoms with Crippen LogP contribution in [-0.4, -0.2) is 30.5 Å². The molecule has 0 radical (unpaired) electrons. The van der Waals surface area contributed by atoms with Crippen molar-refractivity contribution in [2.75, 3.05) is 12.3 Å². The lowest BCUT2D eigenvalue weighted by Crippen LogP contribution is -2.30. The second kappa shape index (κ2) is 5.12. The standard InChI is InChI=1S/C12H17N3O2S/c1-15-9-10(5-11(15)6-13)7-14-8-12-3-2-4-18(12,16)17/h5,9,12,14H,2-4,7-8H2,1H3. The number of nitrogens with zero attached hydrogens (tertiary/aromatic N) is 2. The van der Waals surface area contributed by atoms with E-state index in [2.05, 4.69) is 11.4 Å². The Kier molecular flexibility index (Phi) is 3.73. The van der Waals surface area contributed by atoms with Gasteiger partial charge in [0.25, 0.3) is 0 Å². The fourth-order valence-electron chi connectivity index (χ4n) is 2.31. The predicted octanol–water partition coefficient (Wildman–Crippen LogP) is 0.564. The van der Waals surface area contributed by atoms with Crippen molar-refractivity contribution < 1.29 is 8.42 Å². The highest BCUT2D eigenvalue weighted by Crippen LogP contribution is 2.19. The maximum atomic E-state index is 11.6. The quantitative estimate of drug-likeness (QED) is 0.865. The number of hydrogen-bond acceptors (Lipinski definition) is 4. The number of aryl methyl sites for hydroxylation is 1. The topological polar surface area (TPSA) is 74.9 Å². The lowest BCUT2D eigenvalue weighted by Gasteiger charge is -2.09. The molecule has 0 aliphatic carbocycles. The largest absolute Gasteiger partial charge is 0.342 e. The summed E-state index contributed by atoms with van der Waals surface area (Å²) in [7, 11) is -1.05. The Bertz CT molecular complexity index is 569. The molecule has 6 heteroatoms. The van der Waals surface area contributed by atoms with E-state index in [1.165, 1.54) is 0 Å². The minimum Gasteiger partial charge on any atom is -0.342 e. The zero-order chi connectivity index (χ0) is 13.2. The molecule has 0 bridgehead atoms. The van der Waals surface area contributed by atoms with Crippen LogP contribution in [0.3, 0.4) is 0 Å². The van der Waals surface area contributed by atoms with Gasteiger partial charge in [0, 0.05) is 26.3 Å². The molecule has 1 N–H and O–H groups in total. The monoisotopic (exact) mass is 267 g/mol. The second-order valence-electron chi connectivity index (χ2n) is 4.72. The van der Waals surface area contributed by atoms with Gasteiger partial charge < -0.3 is 9.88 Å². The summed E-state index contributed by atoms with van der Waals surface area (Å²) < 4.78 is 25.0. The molecule has 0 saturated carbocycles. The Hall–Kier alpha value is -1.32. The number of hydrogen-bond donors (Lipinski definition) is 1. The van der Waals surface area contributed by atoms with Crippen molar-refractivity contribution >= 4 is 9.84 Å². The van der Waals surface area contributed by atoms with Crippen molar-refractivity contribution in [1.82, 2.24) is 9.88 Å². The molecule has 1 aromatic rings. The van der Waals surface area contributed by atoms with Gasteiger partial charge in [0.2, 0.25) is 0 Å². The lowest BCUT2D eigenvalue weighted by atomic mass is 10.2. The summed E-state index contributed by atoms with van der Waals surface area (Å²) in [6, 6.07) is 3.92. The van der Waals surface area contributed by atoms with Crippen LogP contribution in [-0.2, 0) is 23.4 Å². The van der Waals surface area contributed by atoms with Crippen LogP contribution in [0.4, 0.5) is 0 Å². The summed E-state index contributed by atoms with van der Waals surface area (Å²) in [5.41, 5.74) is 1.62. The molecule has 1 atom stereocenters. The zero-order valence-electron chi connectivity index (χ0n) is 10.4. The van der Waals surface area contributed by atoms with Crippen LogP contribution in [0, 0.1) is 11.3 Å². The van der Waals surface area contributed by atoms with Crippen LogP contribution in [0.1, 0.15) is 24.1 Å². The second-order valence-corrected chi connectivity index (χ2v) is 7.12. The number of nitriles is 1. The number of rotatable bonds is 4. The van der Waals surface area contributed by atoms with Gasteiger partial charge in [-0.3, -0.25) is 0 Å². The maximum absolute atomic E-state index is 11.6. The van der Waals surface area contributed by atoms with Crippen LogP contribution in [0.2, 0.25) is 0 Å². The van der Waals surface area contributed by atoms with Crippen molar-refractivity contribution in [2.45, 2.75) is 24.6 Å². The Labute approximate surface area is 107 Å². The molecule has 1 aliphatic rings. The van der Waals surface area contributed by atoms with E-state index in [-0.39, 0.29) is 5.25 Å². The molecule has 1 unspecified atom stereocenters. The molecule has 0 aromatic carbocycles. The van der Waals surface area contributed by atoms with Gasteiger partial charge in [0.15, 0.2) is 9.84 Å². The van der Waals surface area contributed by atoms with Gasteiger partial charge in [-0.15, -0.1) is 0 Å². The summed E-state index contributed by atoms with van der Waals surface area (Å²) in [6.07, 6.45) is 3.42. The molecule has 18 heavy (non-hydrogen) atoms. The summed E-state index contributed by atoms with van der Waals surface area (Å²) in [5, 5.41) is 11.8. The highest BCUT2D eigenvalue weighted by atomic mass is 32.2. The summed E-state index contributed by atoms with van der Waals surface area (Å²) in [4.78, 5) is 0. The number of aromatic nitrogens is 1. The third-order valence-corrected chi connectivity index (χ3v) is 5.62. The van der Waals surface area contributed by atoms with Gasteiger partial charge in [-0.25, -0.2) is 8.42 Å². The molecule has 0 amide bonds. The fourth-order valence-corrected chi connectivity index (χ4v) is 4.11. The molecule has 1 aliphatic heterocycles. The van der Waals surface area contributed by atoms with Crippen molar-refractivity contribution in [2.24, 2.45) is 7.05 Å². The lowest BCUT2D eigenvalue weighted by molar-refractivity contribution is 0.574. The molecule has 5 nitrogen and oxygen atoms in total. The number of sulfone groups is 1. The van der Waals surface area contributed by atoms with Gasteiger partial charge >= 0.3 is 0 Å². The van der Waals surface area contributed by atoms with Crippen molar-refractivity contribution in [3.8, 4) is 6.07 Å². The predicted molar refractivity (Wildman–Crippen MR) is 68.6 cm³/mol. The van der Waals surface area contributed by atoms with Crippen LogP contribution in [0.15, 0.2) is 12.3 Å². The molecule has 1 aromatic heterocycles. The zero-order valence-corrected chi connectivity index (χ0v) is 11.2. The van der Waals surface area contributed by atoms with Crippen LogP contribution >= 0.6 is 0 Å². The summed E-state index contributed by atoms with van der Waals surface area (Å²) >= 11 is 0. The van der Waals surface area contributed by atoms with Gasteiger partial charge in [0.1, 0.15) is 11.8 Å². The van der Waals surface area contributed by atoms with Crippen LogP contribution in [0.25, 0.3) is 0 Å². The molecule has 1 saturated heterocycles. The smallest absolute Gasteiger partial charge is 0.154 e. The van der Waals surface area contributed by atoms with E-state index in [0.717, 1.165) is 18.4 Å².